The standard InChI is InChI=1S/C13H11ClFN3S/c14-11-3-1-2-4-12(11)17-18-13(19)16-10-7-5-9(15)6-8-10/h1-8,17H,(H2,16,18,19). The molecule has 2 rings (SSSR count). The minimum atomic E-state index is -0.293. The first kappa shape index (κ1) is 13.6. The summed E-state index contributed by atoms with van der Waals surface area (Å²) in [5, 5.41) is 3.84. The Morgan fingerprint density at radius 1 is 1.05 bits per heavy atom. The van der Waals surface area contributed by atoms with Crippen molar-refractivity contribution in [1.82, 2.24) is 5.43 Å². The minimum absolute atomic E-state index is 0.293. The first-order valence-electron chi connectivity index (χ1n) is 5.48. The predicted molar refractivity (Wildman–Crippen MR) is 80.8 cm³/mol. The third-order valence-electron chi connectivity index (χ3n) is 2.29. The van der Waals surface area contributed by atoms with Crippen LogP contribution in [0.5, 0.6) is 0 Å². The first-order valence-corrected chi connectivity index (χ1v) is 6.27. The van der Waals surface area contributed by atoms with Crippen LogP contribution in [-0.4, -0.2) is 5.11 Å². The summed E-state index contributed by atoms with van der Waals surface area (Å²) in [5.74, 6) is -0.293. The predicted octanol–water partition coefficient (Wildman–Crippen LogP) is 3.79. The molecule has 0 radical (unpaired) electrons. The van der Waals surface area contributed by atoms with E-state index in [0.29, 0.717) is 21.5 Å². The fourth-order valence-corrected chi connectivity index (χ4v) is 1.73. The van der Waals surface area contributed by atoms with Crippen LogP contribution in [-0.2, 0) is 0 Å². The molecule has 3 nitrogen and oxygen atoms in total. The summed E-state index contributed by atoms with van der Waals surface area (Å²) < 4.78 is 12.7. The van der Waals surface area contributed by atoms with E-state index < -0.39 is 0 Å². The maximum Gasteiger partial charge on any atom is 0.189 e. The van der Waals surface area contributed by atoms with Crippen molar-refractivity contribution < 1.29 is 4.39 Å². The molecule has 0 aliphatic carbocycles. The Morgan fingerprint density at radius 2 is 1.74 bits per heavy atom. The molecule has 0 amide bonds. The number of halogens is 2. The Labute approximate surface area is 120 Å². The molecular formula is C13H11ClFN3S. The van der Waals surface area contributed by atoms with Crippen molar-refractivity contribution in [2.24, 2.45) is 0 Å². The van der Waals surface area contributed by atoms with Crippen molar-refractivity contribution in [3.05, 3.63) is 59.4 Å². The molecule has 2 aromatic carbocycles. The molecule has 6 heteroatoms. The van der Waals surface area contributed by atoms with E-state index in [1.165, 1.54) is 12.1 Å². The van der Waals surface area contributed by atoms with Gasteiger partial charge in [0.25, 0.3) is 0 Å². The Kier molecular flexibility index (Phi) is 4.54. The Morgan fingerprint density at radius 3 is 2.42 bits per heavy atom. The van der Waals surface area contributed by atoms with Crippen LogP contribution in [0, 0.1) is 5.82 Å². The fourth-order valence-electron chi connectivity index (χ4n) is 1.38. The van der Waals surface area contributed by atoms with Crippen LogP contribution in [0.25, 0.3) is 0 Å². The highest BCUT2D eigenvalue weighted by Crippen LogP contribution is 2.19. The molecule has 0 aliphatic rings. The fraction of sp³-hybridized carbons (Fsp3) is 0. The maximum absolute atomic E-state index is 12.7. The molecule has 0 aromatic heterocycles. The van der Waals surface area contributed by atoms with Crippen LogP contribution >= 0.6 is 23.8 Å². The van der Waals surface area contributed by atoms with Crippen LogP contribution in [0.4, 0.5) is 15.8 Å². The van der Waals surface area contributed by atoms with Crippen LogP contribution in [0.2, 0.25) is 5.02 Å². The molecule has 98 valence electrons. The van der Waals surface area contributed by atoms with Crippen LogP contribution in [0.3, 0.4) is 0 Å². The molecule has 0 spiro atoms. The molecule has 0 fully saturated rings. The van der Waals surface area contributed by atoms with Crippen molar-refractivity contribution in [3.63, 3.8) is 0 Å². The summed E-state index contributed by atoms with van der Waals surface area (Å²) in [6.07, 6.45) is 0. The van der Waals surface area contributed by atoms with E-state index in [1.54, 1.807) is 18.2 Å². The van der Waals surface area contributed by atoms with Gasteiger partial charge in [0.1, 0.15) is 5.82 Å². The molecule has 0 saturated carbocycles. The van der Waals surface area contributed by atoms with Crippen molar-refractivity contribution in [3.8, 4) is 0 Å². The number of nitrogens with one attached hydrogen (secondary N) is 3. The van der Waals surface area contributed by atoms with Crippen molar-refractivity contribution >= 4 is 40.3 Å². The van der Waals surface area contributed by atoms with Crippen molar-refractivity contribution in [1.29, 1.82) is 0 Å². The number of thiocarbonyl (C=S) groups is 1. The smallest absolute Gasteiger partial charge is 0.189 e. The largest absolute Gasteiger partial charge is 0.331 e. The second kappa shape index (κ2) is 6.36. The van der Waals surface area contributed by atoms with Gasteiger partial charge in [-0.1, -0.05) is 23.7 Å². The summed E-state index contributed by atoms with van der Waals surface area (Å²) in [5.41, 5.74) is 7.09. The lowest BCUT2D eigenvalue weighted by molar-refractivity contribution is 0.628. The van der Waals surface area contributed by atoms with Gasteiger partial charge in [0.05, 0.1) is 10.7 Å². The monoisotopic (exact) mass is 295 g/mol. The van der Waals surface area contributed by atoms with Gasteiger partial charge in [0.15, 0.2) is 5.11 Å². The quantitative estimate of drug-likeness (QED) is 0.595. The molecular weight excluding hydrogens is 285 g/mol. The molecule has 19 heavy (non-hydrogen) atoms. The van der Waals surface area contributed by atoms with E-state index in [9.17, 15) is 4.39 Å². The maximum atomic E-state index is 12.7. The normalized spacial score (nSPS) is 9.79. The van der Waals surface area contributed by atoms with Gasteiger partial charge < -0.3 is 5.32 Å². The summed E-state index contributed by atoms with van der Waals surface area (Å²) in [4.78, 5) is 0. The number of benzene rings is 2. The number of hydrazine groups is 1. The zero-order valence-corrected chi connectivity index (χ0v) is 11.4. The Bertz CT molecular complexity index is 574. The van der Waals surface area contributed by atoms with Gasteiger partial charge in [-0.2, -0.15) is 0 Å². The number of anilines is 2. The van der Waals surface area contributed by atoms with Crippen molar-refractivity contribution in [2.45, 2.75) is 0 Å². The second-order valence-corrected chi connectivity index (χ2v) is 4.51. The molecule has 0 aliphatic heterocycles. The van der Waals surface area contributed by atoms with Gasteiger partial charge in [-0.3, -0.25) is 10.9 Å². The van der Waals surface area contributed by atoms with E-state index in [0.717, 1.165) is 0 Å². The van der Waals surface area contributed by atoms with Gasteiger partial charge in [-0.05, 0) is 48.6 Å². The van der Waals surface area contributed by atoms with Gasteiger partial charge in [0, 0.05) is 5.69 Å². The van der Waals surface area contributed by atoms with Crippen LogP contribution < -0.4 is 16.2 Å². The lowest BCUT2D eigenvalue weighted by Crippen LogP contribution is -2.33. The van der Waals surface area contributed by atoms with Crippen LogP contribution in [0.1, 0.15) is 0 Å². The van der Waals surface area contributed by atoms with E-state index in [-0.39, 0.29) is 5.82 Å². The number of para-hydroxylation sites is 1. The highest BCUT2D eigenvalue weighted by Gasteiger charge is 2.00. The minimum Gasteiger partial charge on any atom is -0.331 e. The second-order valence-electron chi connectivity index (χ2n) is 3.69. The van der Waals surface area contributed by atoms with E-state index in [4.69, 9.17) is 23.8 Å². The topological polar surface area (TPSA) is 36.1 Å². The third-order valence-corrected chi connectivity index (χ3v) is 2.82. The van der Waals surface area contributed by atoms with E-state index in [1.807, 2.05) is 18.2 Å². The van der Waals surface area contributed by atoms with Crippen molar-refractivity contribution in [2.75, 3.05) is 10.7 Å². The zero-order chi connectivity index (χ0) is 13.7. The summed E-state index contributed by atoms with van der Waals surface area (Å²) in [6.45, 7) is 0. The first-order chi connectivity index (χ1) is 9.15. The summed E-state index contributed by atoms with van der Waals surface area (Å²) in [6, 6.07) is 13.2. The number of hydrogen-bond donors (Lipinski definition) is 3. The average molecular weight is 296 g/mol. The molecule has 0 atom stereocenters. The average Bonchev–Trinajstić information content (AvgIpc) is 2.40. The molecule has 0 unspecified atom stereocenters. The molecule has 0 saturated heterocycles. The summed E-state index contributed by atoms with van der Waals surface area (Å²) >= 11 is 11.1. The Balaban J connectivity index is 1.88. The van der Waals surface area contributed by atoms with Crippen LogP contribution in [0.15, 0.2) is 48.5 Å². The molecule has 2 aromatic rings. The zero-order valence-electron chi connectivity index (χ0n) is 9.78. The van der Waals surface area contributed by atoms with Gasteiger partial charge >= 0.3 is 0 Å². The van der Waals surface area contributed by atoms with Gasteiger partial charge in [-0.25, -0.2) is 4.39 Å². The summed E-state index contributed by atoms with van der Waals surface area (Å²) in [7, 11) is 0. The Hall–Kier alpha value is -1.85. The molecule has 0 heterocycles. The SMILES string of the molecule is Fc1ccc(NC(=S)NNc2ccccc2Cl)cc1. The number of rotatable bonds is 3. The van der Waals surface area contributed by atoms with E-state index in [2.05, 4.69) is 16.2 Å². The molecule has 0 bridgehead atoms. The number of hydrogen-bond acceptors (Lipinski definition) is 2. The highest BCUT2D eigenvalue weighted by molar-refractivity contribution is 7.80. The highest BCUT2D eigenvalue weighted by atomic mass is 35.5. The van der Waals surface area contributed by atoms with E-state index >= 15 is 0 Å². The third kappa shape index (κ3) is 4.08. The van der Waals surface area contributed by atoms with Gasteiger partial charge in [-0.15, -0.1) is 0 Å². The van der Waals surface area contributed by atoms with Gasteiger partial charge in [0.2, 0.25) is 0 Å². The lowest BCUT2D eigenvalue weighted by Gasteiger charge is -2.13. The molecule has 3 N–H and O–H groups in total. The lowest BCUT2D eigenvalue weighted by atomic mass is 10.3.